The number of hydrogen-bond donors (Lipinski definition) is 3. The third kappa shape index (κ3) is 4.73. The molecule has 1 heterocycles. The zero-order valence-corrected chi connectivity index (χ0v) is 11.5. The number of carbonyl (C=O) groups is 1. The largest absolute Gasteiger partial charge is 0.379 e. The van der Waals surface area contributed by atoms with Gasteiger partial charge in [0.2, 0.25) is 11.5 Å². The van der Waals surface area contributed by atoms with E-state index in [9.17, 15) is 4.79 Å². The lowest BCUT2D eigenvalue weighted by Gasteiger charge is -2.01. The van der Waals surface area contributed by atoms with Gasteiger partial charge in [-0.1, -0.05) is 36.4 Å². The summed E-state index contributed by atoms with van der Waals surface area (Å²) in [5, 5.41) is 11.6. The normalized spacial score (nSPS) is 10.9. The molecule has 0 atom stereocenters. The molecule has 0 fully saturated rings. The smallest absolute Gasteiger partial charge is 0.277 e. The molecule has 0 radical (unpaired) electrons. The van der Waals surface area contributed by atoms with Crippen molar-refractivity contribution in [2.45, 2.75) is 0 Å². The second-order valence-corrected chi connectivity index (χ2v) is 4.38. The van der Waals surface area contributed by atoms with E-state index < -0.39 is 0 Å². The van der Waals surface area contributed by atoms with Crippen LogP contribution in [0.2, 0.25) is 0 Å². The number of nitrogens with one attached hydrogen (secondary N) is 1. The maximum atomic E-state index is 11.6. The van der Waals surface area contributed by atoms with Gasteiger partial charge < -0.3 is 16.4 Å². The van der Waals surface area contributed by atoms with Crippen LogP contribution in [-0.2, 0) is 0 Å². The first-order valence-corrected chi connectivity index (χ1v) is 6.67. The van der Waals surface area contributed by atoms with Gasteiger partial charge in [-0.05, 0) is 22.0 Å². The van der Waals surface area contributed by atoms with E-state index in [1.165, 1.54) is 5.56 Å². The highest BCUT2D eigenvalue weighted by Crippen LogP contribution is 2.02. The molecule has 7 heteroatoms. The first kappa shape index (κ1) is 14.7. The Balaban J connectivity index is 1.59. The van der Waals surface area contributed by atoms with E-state index in [0.29, 0.717) is 6.54 Å². The fraction of sp³-hybridized carbons (Fsp3) is 0.214. The number of carbonyl (C=O) groups excluding carboxylic acids is 1. The van der Waals surface area contributed by atoms with E-state index in [4.69, 9.17) is 5.73 Å². The Hall–Kier alpha value is -2.67. The molecule has 21 heavy (non-hydrogen) atoms. The van der Waals surface area contributed by atoms with Crippen LogP contribution in [0.5, 0.6) is 0 Å². The molecule has 2 aromatic rings. The zero-order chi connectivity index (χ0) is 14.9. The Morgan fingerprint density at radius 1 is 1.33 bits per heavy atom. The van der Waals surface area contributed by atoms with Crippen LogP contribution in [0.15, 0.2) is 41.0 Å². The predicted octanol–water partition coefficient (Wildman–Crippen LogP) is -0.342. The average Bonchev–Trinajstić information content (AvgIpc) is 2.93. The van der Waals surface area contributed by atoms with Crippen molar-refractivity contribution < 1.29 is 14.7 Å². The maximum absolute atomic E-state index is 11.6. The summed E-state index contributed by atoms with van der Waals surface area (Å²) < 4.78 is 4.37. The second kappa shape index (κ2) is 7.81. The van der Waals surface area contributed by atoms with Crippen molar-refractivity contribution >= 4 is 17.8 Å². The SMILES string of the molecule is Nc1nonc1C(=O)NCC[NH2+]C/C=C/c1ccccc1. The van der Waals surface area contributed by atoms with Crippen LogP contribution in [0.25, 0.3) is 6.08 Å². The van der Waals surface area contributed by atoms with E-state index in [2.05, 4.69) is 37.7 Å². The molecule has 0 unspecified atom stereocenters. The molecule has 5 N–H and O–H groups in total. The summed E-state index contributed by atoms with van der Waals surface area (Å²) in [7, 11) is 0. The third-order valence-corrected chi connectivity index (χ3v) is 2.78. The van der Waals surface area contributed by atoms with E-state index >= 15 is 0 Å². The molecule has 1 aromatic heterocycles. The van der Waals surface area contributed by atoms with Crippen molar-refractivity contribution in [3.63, 3.8) is 0 Å². The molecule has 0 saturated carbocycles. The van der Waals surface area contributed by atoms with Crippen molar-refractivity contribution in [3.8, 4) is 0 Å². The average molecular weight is 288 g/mol. The van der Waals surface area contributed by atoms with Crippen molar-refractivity contribution in [3.05, 3.63) is 47.7 Å². The molecule has 110 valence electrons. The Bertz CT molecular complexity index is 594. The highest BCUT2D eigenvalue weighted by Gasteiger charge is 2.14. The molecule has 0 spiro atoms. The molecule has 0 bridgehead atoms. The van der Waals surface area contributed by atoms with Gasteiger partial charge in [0.15, 0.2) is 0 Å². The minimum Gasteiger partial charge on any atom is -0.379 e. The molecule has 7 nitrogen and oxygen atoms in total. The molecule has 0 saturated heterocycles. The maximum Gasteiger partial charge on any atom is 0.277 e. The number of nitrogens with zero attached hydrogens (tertiary/aromatic N) is 2. The molecule has 1 amide bonds. The first-order chi connectivity index (χ1) is 10.3. The standard InChI is InChI=1S/C14H17N5O2/c15-13-12(18-21-19-13)14(20)17-10-9-16-8-4-7-11-5-2-1-3-6-11/h1-7,16H,8-10H2,(H2,15,19)(H,17,20)/p+1/b7-4+. The van der Waals surface area contributed by atoms with Crippen LogP contribution in [0.3, 0.4) is 0 Å². The van der Waals surface area contributed by atoms with Gasteiger partial charge in [-0.2, -0.15) is 0 Å². The highest BCUT2D eigenvalue weighted by molar-refractivity contribution is 5.95. The van der Waals surface area contributed by atoms with Gasteiger partial charge in [0, 0.05) is 0 Å². The number of anilines is 1. The molecule has 0 aliphatic heterocycles. The number of amides is 1. The van der Waals surface area contributed by atoms with Crippen LogP contribution in [0.4, 0.5) is 5.82 Å². The summed E-state index contributed by atoms with van der Waals surface area (Å²) in [6.45, 7) is 2.12. The van der Waals surface area contributed by atoms with E-state index in [0.717, 1.165) is 13.1 Å². The summed E-state index contributed by atoms with van der Waals surface area (Å²) in [5.74, 6) is -0.371. The fourth-order valence-corrected chi connectivity index (χ4v) is 1.71. The Morgan fingerprint density at radius 2 is 2.14 bits per heavy atom. The van der Waals surface area contributed by atoms with Crippen molar-refractivity contribution in [2.75, 3.05) is 25.4 Å². The molecule has 0 aliphatic carbocycles. The Morgan fingerprint density at radius 3 is 2.86 bits per heavy atom. The van der Waals surface area contributed by atoms with Gasteiger partial charge in [-0.15, -0.1) is 0 Å². The molecular formula is C14H18N5O2+. The third-order valence-electron chi connectivity index (χ3n) is 2.78. The highest BCUT2D eigenvalue weighted by atomic mass is 16.6. The monoisotopic (exact) mass is 288 g/mol. The number of nitrogens with two attached hydrogens (primary N) is 2. The van der Waals surface area contributed by atoms with Gasteiger partial charge in [0.05, 0.1) is 19.6 Å². The Labute approximate surface area is 122 Å². The summed E-state index contributed by atoms with van der Waals surface area (Å²) in [6.07, 6.45) is 4.15. The van der Waals surface area contributed by atoms with Crippen molar-refractivity contribution in [2.24, 2.45) is 0 Å². The fourth-order valence-electron chi connectivity index (χ4n) is 1.71. The molecule has 2 rings (SSSR count). The molecule has 0 aliphatic rings. The second-order valence-electron chi connectivity index (χ2n) is 4.38. The van der Waals surface area contributed by atoms with Crippen LogP contribution < -0.4 is 16.4 Å². The number of benzene rings is 1. The summed E-state index contributed by atoms with van der Waals surface area (Å²) in [5.41, 5.74) is 6.62. The quantitative estimate of drug-likeness (QED) is 0.604. The number of nitrogen functional groups attached to an aromatic ring is 1. The van der Waals surface area contributed by atoms with E-state index in [-0.39, 0.29) is 17.4 Å². The Kier molecular flexibility index (Phi) is 5.48. The van der Waals surface area contributed by atoms with Crippen molar-refractivity contribution in [1.82, 2.24) is 15.6 Å². The van der Waals surface area contributed by atoms with Gasteiger partial charge in [0.25, 0.3) is 5.91 Å². The zero-order valence-electron chi connectivity index (χ0n) is 11.5. The lowest BCUT2D eigenvalue weighted by Crippen LogP contribution is -2.85. The predicted molar refractivity (Wildman–Crippen MR) is 78.2 cm³/mol. The van der Waals surface area contributed by atoms with Gasteiger partial charge in [-0.3, -0.25) is 4.79 Å². The lowest BCUT2D eigenvalue weighted by molar-refractivity contribution is -0.643. The van der Waals surface area contributed by atoms with Crippen LogP contribution in [0.1, 0.15) is 16.1 Å². The number of hydrogen-bond acceptors (Lipinski definition) is 5. The minimum absolute atomic E-state index is 0.00211. The molecular weight excluding hydrogens is 270 g/mol. The van der Waals surface area contributed by atoms with Crippen molar-refractivity contribution in [1.29, 1.82) is 0 Å². The lowest BCUT2D eigenvalue weighted by atomic mass is 10.2. The topological polar surface area (TPSA) is 111 Å². The number of quaternary nitrogens is 1. The van der Waals surface area contributed by atoms with E-state index in [1.54, 1.807) is 0 Å². The summed E-state index contributed by atoms with van der Waals surface area (Å²) >= 11 is 0. The molecule has 1 aromatic carbocycles. The van der Waals surface area contributed by atoms with Crippen LogP contribution >= 0.6 is 0 Å². The minimum atomic E-state index is -0.373. The van der Waals surface area contributed by atoms with Crippen LogP contribution in [0, 0.1) is 0 Å². The first-order valence-electron chi connectivity index (χ1n) is 6.67. The van der Waals surface area contributed by atoms with Crippen LogP contribution in [-0.4, -0.2) is 35.9 Å². The number of rotatable bonds is 7. The van der Waals surface area contributed by atoms with Gasteiger partial charge >= 0.3 is 0 Å². The number of aromatic nitrogens is 2. The van der Waals surface area contributed by atoms with Gasteiger partial charge in [-0.25, -0.2) is 4.63 Å². The summed E-state index contributed by atoms with van der Waals surface area (Å²) in [4.78, 5) is 11.6. The summed E-state index contributed by atoms with van der Waals surface area (Å²) in [6, 6.07) is 10.1. The van der Waals surface area contributed by atoms with E-state index in [1.807, 2.05) is 30.3 Å². The van der Waals surface area contributed by atoms with Gasteiger partial charge in [0.1, 0.15) is 0 Å².